The summed E-state index contributed by atoms with van der Waals surface area (Å²) in [6.07, 6.45) is -0.676. The number of amides is 2. The molecule has 0 saturated carbocycles. The van der Waals surface area contributed by atoms with E-state index in [2.05, 4.69) is 5.32 Å². The lowest BCUT2D eigenvalue weighted by atomic mass is 10.1. The Kier molecular flexibility index (Phi) is 10.9. The first-order chi connectivity index (χ1) is 17.5. The van der Waals surface area contributed by atoms with Crippen LogP contribution in [0.25, 0.3) is 0 Å². The third-order valence-electron chi connectivity index (χ3n) is 5.20. The van der Waals surface area contributed by atoms with E-state index in [-0.39, 0.29) is 32.8 Å². The van der Waals surface area contributed by atoms with Crippen LogP contribution in [0.2, 0.25) is 0 Å². The predicted molar refractivity (Wildman–Crippen MR) is 135 cm³/mol. The summed E-state index contributed by atoms with van der Waals surface area (Å²) in [5.41, 5.74) is 0.687. The zero-order valence-electron chi connectivity index (χ0n) is 21.6. The second-order valence-electron chi connectivity index (χ2n) is 9.20. The molecular formula is C27H34N2O8. The minimum absolute atomic E-state index is 0.00714. The average Bonchev–Trinajstić information content (AvgIpc) is 2.85. The molecule has 37 heavy (non-hydrogen) atoms. The normalized spacial score (nSPS) is 11.7. The number of benzene rings is 2. The Morgan fingerprint density at radius 3 is 2.16 bits per heavy atom. The van der Waals surface area contributed by atoms with Crippen LogP contribution < -0.4 is 10.1 Å². The maximum Gasteiger partial charge on any atom is 0.411 e. The molecule has 0 heterocycles. The van der Waals surface area contributed by atoms with Crippen LogP contribution in [0.3, 0.4) is 0 Å². The molecule has 0 aliphatic heterocycles. The summed E-state index contributed by atoms with van der Waals surface area (Å²) in [6, 6.07) is 14.4. The Labute approximate surface area is 216 Å². The minimum atomic E-state index is -1.22. The molecule has 2 rings (SSSR count). The number of carbonyl (C=O) groups excluding carboxylic acids is 3. The first-order valence-corrected chi connectivity index (χ1v) is 11.9. The Morgan fingerprint density at radius 1 is 0.946 bits per heavy atom. The number of carbonyl (C=O) groups is 4. The first-order valence-electron chi connectivity index (χ1n) is 11.9. The first kappa shape index (κ1) is 29.2. The van der Waals surface area contributed by atoms with Gasteiger partial charge in [-0.1, -0.05) is 42.5 Å². The fraction of sp³-hybridized carbons (Fsp3) is 0.407. The van der Waals surface area contributed by atoms with Gasteiger partial charge >= 0.3 is 18.0 Å². The van der Waals surface area contributed by atoms with E-state index < -0.39 is 35.5 Å². The summed E-state index contributed by atoms with van der Waals surface area (Å²) in [5, 5.41) is 12.1. The van der Waals surface area contributed by atoms with E-state index in [4.69, 9.17) is 14.2 Å². The van der Waals surface area contributed by atoms with Gasteiger partial charge in [0.2, 0.25) is 5.91 Å². The lowest BCUT2D eigenvalue weighted by Gasteiger charge is -2.34. The maximum absolute atomic E-state index is 12.8. The highest BCUT2D eigenvalue weighted by Gasteiger charge is 2.31. The molecule has 0 bridgehead atoms. The molecule has 0 aliphatic carbocycles. The average molecular weight is 515 g/mol. The van der Waals surface area contributed by atoms with Crippen molar-refractivity contribution in [1.29, 1.82) is 0 Å². The van der Waals surface area contributed by atoms with Gasteiger partial charge in [-0.2, -0.15) is 0 Å². The van der Waals surface area contributed by atoms with Crippen molar-refractivity contribution in [3.63, 3.8) is 0 Å². The van der Waals surface area contributed by atoms with Crippen molar-refractivity contribution >= 4 is 23.9 Å². The second-order valence-corrected chi connectivity index (χ2v) is 9.20. The van der Waals surface area contributed by atoms with Gasteiger partial charge in [0.1, 0.15) is 24.9 Å². The number of esters is 1. The van der Waals surface area contributed by atoms with Crippen LogP contribution in [0.5, 0.6) is 5.75 Å². The van der Waals surface area contributed by atoms with E-state index in [9.17, 15) is 24.3 Å². The van der Waals surface area contributed by atoms with Crippen LogP contribution in [0.15, 0.2) is 54.6 Å². The van der Waals surface area contributed by atoms with Crippen LogP contribution in [0.4, 0.5) is 4.79 Å². The molecule has 2 aromatic rings. The smallest absolute Gasteiger partial charge is 0.411 e. The molecule has 1 atom stereocenters. The second kappa shape index (κ2) is 13.9. The maximum atomic E-state index is 12.8. The number of rotatable bonds is 12. The Bertz CT molecular complexity index is 1050. The van der Waals surface area contributed by atoms with Crippen molar-refractivity contribution in [3.05, 3.63) is 65.7 Å². The Hall–Kier alpha value is -4.08. The number of carboxylic acids is 1. The number of carboxylic acid groups (broad SMARTS) is 1. The lowest BCUT2D eigenvalue weighted by molar-refractivity contribution is -0.145. The quantitative estimate of drug-likeness (QED) is 0.413. The SMILES string of the molecule is CCOC(=O)COc1ccc(CC(NC(=O)CN(C(=O)OCc2ccccc2)C(C)(C)C)C(=O)O)cc1. The van der Waals surface area contributed by atoms with Crippen LogP contribution in [0.1, 0.15) is 38.8 Å². The molecule has 0 aliphatic rings. The van der Waals surface area contributed by atoms with Crippen LogP contribution >= 0.6 is 0 Å². The van der Waals surface area contributed by atoms with Crippen LogP contribution in [0, 0.1) is 0 Å². The van der Waals surface area contributed by atoms with E-state index in [0.29, 0.717) is 11.3 Å². The van der Waals surface area contributed by atoms with Gasteiger partial charge < -0.3 is 24.6 Å². The molecule has 10 heteroatoms. The monoisotopic (exact) mass is 514 g/mol. The predicted octanol–water partition coefficient (Wildman–Crippen LogP) is 3.18. The third kappa shape index (κ3) is 10.2. The van der Waals surface area contributed by atoms with Gasteiger partial charge in [0.15, 0.2) is 6.61 Å². The van der Waals surface area contributed by atoms with Crippen LogP contribution in [-0.2, 0) is 36.9 Å². The zero-order chi connectivity index (χ0) is 27.4. The molecule has 0 radical (unpaired) electrons. The summed E-state index contributed by atoms with van der Waals surface area (Å²) in [6.45, 7) is 6.65. The summed E-state index contributed by atoms with van der Waals surface area (Å²) in [5.74, 6) is -1.92. The van der Waals surface area contributed by atoms with Crippen molar-refractivity contribution in [3.8, 4) is 5.75 Å². The van der Waals surface area contributed by atoms with Crippen LogP contribution in [-0.4, -0.2) is 65.3 Å². The summed E-state index contributed by atoms with van der Waals surface area (Å²) >= 11 is 0. The standard InChI is InChI=1S/C27H34N2O8/c1-5-35-24(31)18-36-21-13-11-19(12-14-21)15-22(25(32)33)28-23(30)16-29(27(2,3)4)26(34)37-17-20-9-7-6-8-10-20/h6-14,22H,5,15-18H2,1-4H3,(H,28,30)(H,32,33). The van der Waals surface area contributed by atoms with E-state index >= 15 is 0 Å². The minimum Gasteiger partial charge on any atom is -0.482 e. The fourth-order valence-corrected chi connectivity index (χ4v) is 3.26. The molecule has 0 saturated heterocycles. The van der Waals surface area contributed by atoms with E-state index in [1.807, 2.05) is 30.3 Å². The number of hydrogen-bond donors (Lipinski definition) is 2. The molecule has 10 nitrogen and oxygen atoms in total. The molecular weight excluding hydrogens is 480 g/mol. The summed E-state index contributed by atoms with van der Waals surface area (Å²) in [4.78, 5) is 50.0. The van der Waals surface area contributed by atoms with Crippen molar-refractivity contribution in [2.75, 3.05) is 19.8 Å². The highest BCUT2D eigenvalue weighted by Crippen LogP contribution is 2.17. The fourth-order valence-electron chi connectivity index (χ4n) is 3.26. The van der Waals surface area contributed by atoms with Gasteiger partial charge in [0, 0.05) is 12.0 Å². The third-order valence-corrected chi connectivity index (χ3v) is 5.20. The summed E-state index contributed by atoms with van der Waals surface area (Å²) in [7, 11) is 0. The molecule has 0 aromatic heterocycles. The van der Waals surface area contributed by atoms with Crippen molar-refractivity contribution in [1.82, 2.24) is 10.2 Å². The highest BCUT2D eigenvalue weighted by molar-refractivity contribution is 5.87. The number of aliphatic carboxylic acids is 1. The van der Waals surface area contributed by atoms with Gasteiger partial charge in [-0.05, 0) is 51.0 Å². The van der Waals surface area contributed by atoms with E-state index in [1.165, 1.54) is 4.90 Å². The van der Waals surface area contributed by atoms with Crippen molar-refractivity contribution < 1.29 is 38.5 Å². The molecule has 0 spiro atoms. The molecule has 200 valence electrons. The number of ether oxygens (including phenoxy) is 3. The van der Waals surface area contributed by atoms with Gasteiger partial charge in [0.05, 0.1) is 6.61 Å². The lowest BCUT2D eigenvalue weighted by Crippen LogP contribution is -2.53. The largest absolute Gasteiger partial charge is 0.482 e. The molecule has 2 N–H and O–H groups in total. The molecule has 2 amide bonds. The van der Waals surface area contributed by atoms with Gasteiger partial charge in [-0.3, -0.25) is 9.69 Å². The number of nitrogens with one attached hydrogen (secondary N) is 1. The Balaban J connectivity index is 1.97. The Morgan fingerprint density at radius 2 is 1.59 bits per heavy atom. The van der Waals surface area contributed by atoms with Crippen molar-refractivity contribution in [2.45, 2.75) is 52.3 Å². The van der Waals surface area contributed by atoms with E-state index in [0.717, 1.165) is 5.56 Å². The van der Waals surface area contributed by atoms with Gasteiger partial charge in [-0.25, -0.2) is 14.4 Å². The number of hydrogen-bond acceptors (Lipinski definition) is 7. The van der Waals surface area contributed by atoms with E-state index in [1.54, 1.807) is 52.0 Å². The van der Waals surface area contributed by atoms with Gasteiger partial charge in [0.25, 0.3) is 0 Å². The zero-order valence-corrected chi connectivity index (χ0v) is 21.6. The van der Waals surface area contributed by atoms with Gasteiger partial charge in [-0.15, -0.1) is 0 Å². The molecule has 0 fully saturated rings. The summed E-state index contributed by atoms with van der Waals surface area (Å²) < 4.78 is 15.5. The molecule has 2 aromatic carbocycles. The highest BCUT2D eigenvalue weighted by atomic mass is 16.6. The molecule has 1 unspecified atom stereocenters. The van der Waals surface area contributed by atoms with Crippen molar-refractivity contribution in [2.24, 2.45) is 0 Å². The topological polar surface area (TPSA) is 131 Å². The number of nitrogens with zero attached hydrogens (tertiary/aromatic N) is 1.